The van der Waals surface area contributed by atoms with Gasteiger partial charge in [-0.1, -0.05) is 123 Å². The molecule has 1 unspecified atom stereocenters. The van der Waals surface area contributed by atoms with Gasteiger partial charge in [-0.05, 0) is 12.8 Å². The van der Waals surface area contributed by atoms with Crippen LogP contribution in [-0.4, -0.2) is 30.5 Å². The molecule has 0 aliphatic heterocycles. The van der Waals surface area contributed by atoms with Crippen molar-refractivity contribution >= 4 is 10.1 Å². The molecular formula is C24H50O6S. The van der Waals surface area contributed by atoms with Crippen molar-refractivity contribution in [3.8, 4) is 0 Å². The molecule has 188 valence electrons. The molecule has 0 aromatic carbocycles. The van der Waals surface area contributed by atoms with Gasteiger partial charge >= 0.3 is 10.1 Å². The van der Waals surface area contributed by atoms with Crippen LogP contribution in [0.2, 0.25) is 0 Å². The van der Waals surface area contributed by atoms with E-state index in [1.165, 1.54) is 77.0 Å². The minimum atomic E-state index is -4.59. The summed E-state index contributed by atoms with van der Waals surface area (Å²) in [6.07, 6.45) is 21.2. The Morgan fingerprint density at radius 3 is 1.35 bits per heavy atom. The molecule has 6 nitrogen and oxygen atoms in total. The first-order chi connectivity index (χ1) is 14.9. The van der Waals surface area contributed by atoms with Crippen LogP contribution < -0.4 is 0 Å². The summed E-state index contributed by atoms with van der Waals surface area (Å²) < 4.78 is 32.8. The first-order valence-corrected chi connectivity index (χ1v) is 14.3. The van der Waals surface area contributed by atoms with E-state index in [2.05, 4.69) is 18.2 Å². The molecule has 0 aliphatic rings. The molecule has 0 fully saturated rings. The van der Waals surface area contributed by atoms with Crippen molar-refractivity contribution in [2.24, 2.45) is 0 Å². The van der Waals surface area contributed by atoms with E-state index in [4.69, 9.17) is 9.99 Å². The number of aliphatic hydroxyl groups is 1. The normalized spacial score (nSPS) is 14.1. The molecule has 0 rings (SSSR count). The van der Waals surface area contributed by atoms with Gasteiger partial charge in [0.1, 0.15) is 0 Å². The lowest BCUT2D eigenvalue weighted by Crippen LogP contribution is -2.42. The fourth-order valence-corrected chi connectivity index (χ4v) is 4.55. The van der Waals surface area contributed by atoms with Crippen molar-refractivity contribution in [1.29, 1.82) is 0 Å². The monoisotopic (exact) mass is 466 g/mol. The number of ether oxygens (including phenoxy) is 1. The van der Waals surface area contributed by atoms with Crippen LogP contribution >= 0.6 is 0 Å². The predicted octanol–water partition coefficient (Wildman–Crippen LogP) is 7.31. The van der Waals surface area contributed by atoms with Crippen LogP contribution in [0.5, 0.6) is 0 Å². The molecule has 0 spiro atoms. The van der Waals surface area contributed by atoms with Crippen LogP contribution in [0.1, 0.15) is 142 Å². The van der Waals surface area contributed by atoms with Gasteiger partial charge in [-0.3, -0.25) is 0 Å². The van der Waals surface area contributed by atoms with Gasteiger partial charge in [-0.2, -0.15) is 8.42 Å². The summed E-state index contributed by atoms with van der Waals surface area (Å²) in [5.41, 5.74) is 0. The Morgan fingerprint density at radius 1 is 0.613 bits per heavy atom. The fourth-order valence-electron chi connectivity index (χ4n) is 3.81. The van der Waals surface area contributed by atoms with Crippen LogP contribution in [-0.2, 0) is 19.2 Å². The molecule has 0 heterocycles. The highest BCUT2D eigenvalue weighted by Gasteiger charge is 2.44. The molecule has 0 bridgehead atoms. The molecule has 31 heavy (non-hydrogen) atoms. The Kier molecular flexibility index (Phi) is 20.3. The Balaban J connectivity index is 3.98. The summed E-state index contributed by atoms with van der Waals surface area (Å²) in [7, 11) is -4.59. The zero-order valence-corrected chi connectivity index (χ0v) is 21.1. The summed E-state index contributed by atoms with van der Waals surface area (Å²) >= 11 is 0. The van der Waals surface area contributed by atoms with E-state index in [0.717, 1.165) is 32.1 Å². The fraction of sp³-hybridized carbons (Fsp3) is 1.00. The molecule has 0 saturated carbocycles. The summed E-state index contributed by atoms with van der Waals surface area (Å²) in [4.78, 5) is 0. The second-order valence-corrected chi connectivity index (χ2v) is 10.5. The van der Waals surface area contributed by atoms with Gasteiger partial charge in [0.25, 0.3) is 5.12 Å². The van der Waals surface area contributed by atoms with Crippen LogP contribution in [0.15, 0.2) is 0 Å². The molecular weight excluding hydrogens is 416 g/mol. The highest BCUT2D eigenvalue weighted by Crippen LogP contribution is 2.26. The van der Waals surface area contributed by atoms with E-state index in [1.54, 1.807) is 0 Å². The SMILES string of the molecule is CCCCCCCCCCCCOC(O)(CCCCCCCCCCC)S(=O)(=O)OO. The number of unbranched alkanes of at least 4 members (excludes halogenated alkanes) is 17. The van der Waals surface area contributed by atoms with E-state index in [0.29, 0.717) is 12.8 Å². The van der Waals surface area contributed by atoms with Crippen LogP contribution in [0, 0.1) is 0 Å². The minimum absolute atomic E-state index is 0.0938. The molecule has 7 heteroatoms. The largest absolute Gasteiger partial charge is 0.352 e. The highest BCUT2D eigenvalue weighted by atomic mass is 32.2. The van der Waals surface area contributed by atoms with Gasteiger partial charge in [-0.25, -0.2) is 5.26 Å². The molecule has 0 aromatic heterocycles. The summed E-state index contributed by atoms with van der Waals surface area (Å²) in [6.45, 7) is 4.55. The lowest BCUT2D eigenvalue weighted by Gasteiger charge is -2.25. The van der Waals surface area contributed by atoms with Gasteiger partial charge in [0, 0.05) is 6.42 Å². The number of hydrogen-bond acceptors (Lipinski definition) is 6. The maximum absolute atomic E-state index is 12.0. The van der Waals surface area contributed by atoms with Crippen molar-refractivity contribution in [3.63, 3.8) is 0 Å². The van der Waals surface area contributed by atoms with Crippen LogP contribution in [0.3, 0.4) is 0 Å². The predicted molar refractivity (Wildman–Crippen MR) is 127 cm³/mol. The molecule has 0 amide bonds. The quantitative estimate of drug-likeness (QED) is 0.0670. The van der Waals surface area contributed by atoms with E-state index in [1.807, 2.05) is 0 Å². The van der Waals surface area contributed by atoms with Gasteiger partial charge in [0.05, 0.1) is 6.61 Å². The van der Waals surface area contributed by atoms with Crippen molar-refractivity contribution in [1.82, 2.24) is 0 Å². The Morgan fingerprint density at radius 2 is 0.968 bits per heavy atom. The smallest absolute Gasteiger partial charge is 0.350 e. The third kappa shape index (κ3) is 16.1. The number of hydrogen-bond donors (Lipinski definition) is 2. The van der Waals surface area contributed by atoms with Gasteiger partial charge < -0.3 is 9.84 Å². The van der Waals surface area contributed by atoms with Gasteiger partial charge in [0.2, 0.25) is 0 Å². The molecule has 0 aliphatic carbocycles. The van der Waals surface area contributed by atoms with E-state index in [-0.39, 0.29) is 13.0 Å². The third-order valence-electron chi connectivity index (χ3n) is 5.91. The summed E-state index contributed by atoms with van der Waals surface area (Å²) in [5.74, 6) is 0. The molecule has 0 aromatic rings. The molecule has 2 N–H and O–H groups in total. The second kappa shape index (κ2) is 20.4. The lowest BCUT2D eigenvalue weighted by atomic mass is 10.1. The zero-order chi connectivity index (χ0) is 23.3. The van der Waals surface area contributed by atoms with Gasteiger partial charge in [0.15, 0.2) is 0 Å². The van der Waals surface area contributed by atoms with Crippen molar-refractivity contribution in [2.45, 2.75) is 147 Å². The van der Waals surface area contributed by atoms with Crippen LogP contribution in [0.4, 0.5) is 0 Å². The maximum atomic E-state index is 12.0. The number of rotatable bonds is 24. The standard InChI is InChI=1S/C24H50O6S/c1-3-5-7-9-11-13-15-17-19-21-23-29-24(25,31(27,28)30-26)22-20-18-16-14-12-10-8-6-4-2/h25-26H,3-23H2,1-2H3. The topological polar surface area (TPSA) is 93.1 Å². The summed E-state index contributed by atoms with van der Waals surface area (Å²) in [5, 5.41) is 16.7. The molecule has 0 radical (unpaired) electrons. The second-order valence-electron chi connectivity index (χ2n) is 8.85. The highest BCUT2D eigenvalue weighted by molar-refractivity contribution is 7.87. The average Bonchev–Trinajstić information content (AvgIpc) is 2.76. The average molecular weight is 467 g/mol. The van der Waals surface area contributed by atoms with Crippen molar-refractivity contribution in [3.05, 3.63) is 0 Å². The maximum Gasteiger partial charge on any atom is 0.350 e. The van der Waals surface area contributed by atoms with Crippen LogP contribution in [0.25, 0.3) is 0 Å². The Bertz CT molecular complexity index is 482. The first kappa shape index (κ1) is 30.8. The lowest BCUT2D eigenvalue weighted by molar-refractivity contribution is -0.186. The molecule has 1 atom stereocenters. The molecule has 0 saturated heterocycles. The van der Waals surface area contributed by atoms with E-state index < -0.39 is 15.2 Å². The Labute approximate surface area is 192 Å². The van der Waals surface area contributed by atoms with Crippen molar-refractivity contribution in [2.75, 3.05) is 6.61 Å². The first-order valence-electron chi connectivity index (χ1n) is 12.9. The van der Waals surface area contributed by atoms with Crippen molar-refractivity contribution < 1.29 is 27.9 Å². The Hall–Kier alpha value is -0.210. The zero-order valence-electron chi connectivity index (χ0n) is 20.3. The van der Waals surface area contributed by atoms with Gasteiger partial charge in [-0.15, -0.1) is 4.33 Å². The van der Waals surface area contributed by atoms with E-state index >= 15 is 0 Å². The van der Waals surface area contributed by atoms with E-state index in [9.17, 15) is 13.5 Å². The minimum Gasteiger partial charge on any atom is -0.352 e. The third-order valence-corrected chi connectivity index (χ3v) is 7.21. The summed E-state index contributed by atoms with van der Waals surface area (Å²) in [6, 6.07) is 0.